The van der Waals surface area contributed by atoms with Gasteiger partial charge in [0.05, 0.1) is 18.0 Å². The number of rotatable bonds is 9. The maximum absolute atomic E-state index is 13.1. The van der Waals surface area contributed by atoms with E-state index in [1.807, 2.05) is 61.5 Å². The number of sulfonamides is 1. The van der Waals surface area contributed by atoms with Gasteiger partial charge in [-0.05, 0) is 60.9 Å². The Hall–Kier alpha value is -2.68. The Morgan fingerprint density at radius 1 is 0.969 bits per heavy atom. The molecule has 32 heavy (non-hydrogen) atoms. The molecular weight excluding hydrogens is 492 g/mol. The zero-order chi connectivity index (χ0) is 23.1. The third kappa shape index (κ3) is 6.41. The van der Waals surface area contributed by atoms with Gasteiger partial charge < -0.3 is 10.1 Å². The number of hydrogen-bond acceptors (Lipinski definition) is 4. The van der Waals surface area contributed by atoms with E-state index < -0.39 is 22.0 Å². The molecule has 0 heterocycles. The fourth-order valence-corrected chi connectivity index (χ4v) is 4.66. The molecule has 0 spiro atoms. The van der Waals surface area contributed by atoms with Crippen molar-refractivity contribution in [3.8, 4) is 5.75 Å². The standard InChI is InChI=1S/C24H25BrN2O4S/c1-17(19-8-12-21(31-2)13-9-19)26-24(28)23(16-18-6-4-3-5-7-18)27-32(29,30)22-14-10-20(25)11-15-22/h3-15,17,23,27H,16H2,1-2H3,(H,26,28)/t17-,23-/m0/s1. The molecule has 0 radical (unpaired) electrons. The summed E-state index contributed by atoms with van der Waals surface area (Å²) in [6.07, 6.45) is 0.220. The second kappa shape index (κ2) is 10.8. The van der Waals surface area contributed by atoms with E-state index in [2.05, 4.69) is 26.0 Å². The summed E-state index contributed by atoms with van der Waals surface area (Å²) in [5.74, 6) is 0.314. The Morgan fingerprint density at radius 3 is 2.19 bits per heavy atom. The lowest BCUT2D eigenvalue weighted by molar-refractivity contribution is -0.123. The molecular formula is C24H25BrN2O4S. The number of methoxy groups -OCH3 is 1. The minimum Gasteiger partial charge on any atom is -0.497 e. The molecule has 0 unspecified atom stereocenters. The second-order valence-electron chi connectivity index (χ2n) is 7.32. The third-order valence-electron chi connectivity index (χ3n) is 5.00. The Bertz CT molecular complexity index is 1130. The van der Waals surface area contributed by atoms with E-state index >= 15 is 0 Å². The van der Waals surface area contributed by atoms with Gasteiger partial charge >= 0.3 is 0 Å². The van der Waals surface area contributed by atoms with Crippen molar-refractivity contribution in [2.75, 3.05) is 7.11 Å². The van der Waals surface area contributed by atoms with Gasteiger partial charge in [-0.2, -0.15) is 4.72 Å². The van der Waals surface area contributed by atoms with Gasteiger partial charge in [0.2, 0.25) is 15.9 Å². The highest BCUT2D eigenvalue weighted by Crippen LogP contribution is 2.19. The fraction of sp³-hybridized carbons (Fsp3) is 0.208. The lowest BCUT2D eigenvalue weighted by atomic mass is 10.0. The minimum atomic E-state index is -3.90. The number of hydrogen-bond donors (Lipinski definition) is 2. The van der Waals surface area contributed by atoms with E-state index in [4.69, 9.17) is 4.74 Å². The molecule has 3 aromatic carbocycles. The molecule has 0 bridgehead atoms. The molecule has 8 heteroatoms. The highest BCUT2D eigenvalue weighted by atomic mass is 79.9. The first-order chi connectivity index (χ1) is 15.3. The monoisotopic (exact) mass is 516 g/mol. The summed E-state index contributed by atoms with van der Waals surface area (Å²) in [6.45, 7) is 1.85. The van der Waals surface area contributed by atoms with Crippen molar-refractivity contribution >= 4 is 31.9 Å². The van der Waals surface area contributed by atoms with Crippen LogP contribution in [0.15, 0.2) is 88.2 Å². The number of carbonyl (C=O) groups excluding carboxylic acids is 1. The topological polar surface area (TPSA) is 84.5 Å². The fourth-order valence-electron chi connectivity index (χ4n) is 3.20. The van der Waals surface area contributed by atoms with Crippen LogP contribution in [0.1, 0.15) is 24.1 Å². The first-order valence-electron chi connectivity index (χ1n) is 10.0. The predicted octanol–water partition coefficient (Wildman–Crippen LogP) is 4.22. The van der Waals surface area contributed by atoms with E-state index in [1.54, 1.807) is 19.2 Å². The molecule has 2 N–H and O–H groups in total. The van der Waals surface area contributed by atoms with Gasteiger partial charge in [0.15, 0.2) is 0 Å². The Balaban J connectivity index is 1.81. The van der Waals surface area contributed by atoms with E-state index in [0.29, 0.717) is 0 Å². The summed E-state index contributed by atoms with van der Waals surface area (Å²) in [6, 6.07) is 21.6. The molecule has 0 aliphatic heterocycles. The summed E-state index contributed by atoms with van der Waals surface area (Å²) >= 11 is 3.30. The maximum Gasteiger partial charge on any atom is 0.241 e. The van der Waals surface area contributed by atoms with Gasteiger partial charge in [-0.1, -0.05) is 58.4 Å². The van der Waals surface area contributed by atoms with Crippen LogP contribution in [0.5, 0.6) is 5.75 Å². The van der Waals surface area contributed by atoms with Crippen LogP contribution in [-0.2, 0) is 21.2 Å². The number of amides is 1. The molecule has 0 saturated heterocycles. The highest BCUT2D eigenvalue weighted by molar-refractivity contribution is 9.10. The molecule has 1 amide bonds. The molecule has 0 fully saturated rings. The summed E-state index contributed by atoms with van der Waals surface area (Å²) in [5.41, 5.74) is 1.73. The Morgan fingerprint density at radius 2 is 1.59 bits per heavy atom. The van der Waals surface area contributed by atoms with Gasteiger partial charge in [0.25, 0.3) is 0 Å². The van der Waals surface area contributed by atoms with Crippen LogP contribution in [0, 0.1) is 0 Å². The van der Waals surface area contributed by atoms with Gasteiger partial charge in [-0.15, -0.1) is 0 Å². The summed E-state index contributed by atoms with van der Waals surface area (Å²) in [7, 11) is -2.31. The molecule has 0 saturated carbocycles. The lowest BCUT2D eigenvalue weighted by Crippen LogP contribution is -2.48. The van der Waals surface area contributed by atoms with Crippen LogP contribution < -0.4 is 14.8 Å². The zero-order valence-corrected chi connectivity index (χ0v) is 20.2. The number of ether oxygens (including phenoxy) is 1. The van der Waals surface area contributed by atoms with Crippen LogP contribution in [0.3, 0.4) is 0 Å². The van der Waals surface area contributed by atoms with Crippen molar-refractivity contribution in [3.05, 3.63) is 94.5 Å². The predicted molar refractivity (Wildman–Crippen MR) is 128 cm³/mol. The van der Waals surface area contributed by atoms with Crippen LogP contribution in [-0.4, -0.2) is 27.5 Å². The van der Waals surface area contributed by atoms with Crippen LogP contribution >= 0.6 is 15.9 Å². The molecule has 0 aliphatic rings. The lowest BCUT2D eigenvalue weighted by Gasteiger charge is -2.22. The maximum atomic E-state index is 13.1. The average molecular weight is 517 g/mol. The normalized spacial score (nSPS) is 13.2. The van der Waals surface area contributed by atoms with E-state index in [0.717, 1.165) is 21.3 Å². The van der Waals surface area contributed by atoms with Crippen LogP contribution in [0.4, 0.5) is 0 Å². The summed E-state index contributed by atoms with van der Waals surface area (Å²) in [4.78, 5) is 13.2. The number of halogens is 1. The van der Waals surface area contributed by atoms with Crippen molar-refractivity contribution in [2.24, 2.45) is 0 Å². The van der Waals surface area contributed by atoms with E-state index in [9.17, 15) is 13.2 Å². The van der Waals surface area contributed by atoms with Crippen molar-refractivity contribution in [1.29, 1.82) is 0 Å². The largest absolute Gasteiger partial charge is 0.497 e. The van der Waals surface area contributed by atoms with E-state index in [1.165, 1.54) is 12.1 Å². The third-order valence-corrected chi connectivity index (χ3v) is 7.01. The highest BCUT2D eigenvalue weighted by Gasteiger charge is 2.27. The zero-order valence-electron chi connectivity index (χ0n) is 17.8. The molecule has 6 nitrogen and oxygen atoms in total. The first-order valence-corrected chi connectivity index (χ1v) is 12.3. The van der Waals surface area contributed by atoms with Gasteiger partial charge in [-0.25, -0.2) is 8.42 Å². The Labute approximate surface area is 197 Å². The SMILES string of the molecule is COc1ccc([C@H](C)NC(=O)[C@H](Cc2ccccc2)NS(=O)(=O)c2ccc(Br)cc2)cc1. The van der Waals surface area contributed by atoms with Crippen LogP contribution in [0.2, 0.25) is 0 Å². The first kappa shape index (κ1) is 24.0. The van der Waals surface area contributed by atoms with Gasteiger partial charge in [0, 0.05) is 4.47 Å². The van der Waals surface area contributed by atoms with Gasteiger partial charge in [0.1, 0.15) is 11.8 Å². The smallest absolute Gasteiger partial charge is 0.241 e. The molecule has 2 atom stereocenters. The molecule has 168 valence electrons. The number of carbonyl (C=O) groups is 1. The van der Waals surface area contributed by atoms with Gasteiger partial charge in [-0.3, -0.25) is 4.79 Å². The number of benzene rings is 3. The molecule has 0 aromatic heterocycles. The van der Waals surface area contributed by atoms with Crippen molar-refractivity contribution in [3.63, 3.8) is 0 Å². The van der Waals surface area contributed by atoms with E-state index in [-0.39, 0.29) is 17.4 Å². The molecule has 3 aromatic rings. The molecule has 0 aliphatic carbocycles. The van der Waals surface area contributed by atoms with Crippen LogP contribution in [0.25, 0.3) is 0 Å². The quantitative estimate of drug-likeness (QED) is 0.445. The minimum absolute atomic E-state index is 0.0924. The summed E-state index contributed by atoms with van der Waals surface area (Å²) in [5, 5.41) is 2.92. The second-order valence-corrected chi connectivity index (χ2v) is 9.95. The average Bonchev–Trinajstić information content (AvgIpc) is 2.79. The summed E-state index contributed by atoms with van der Waals surface area (Å²) < 4.78 is 34.4. The molecule has 3 rings (SSSR count). The van der Waals surface area contributed by atoms with Crippen molar-refractivity contribution in [1.82, 2.24) is 10.0 Å². The Kier molecular flexibility index (Phi) is 8.06. The number of nitrogens with one attached hydrogen (secondary N) is 2. The van der Waals surface area contributed by atoms with Crippen molar-refractivity contribution in [2.45, 2.75) is 30.3 Å². The van der Waals surface area contributed by atoms with Crippen molar-refractivity contribution < 1.29 is 17.9 Å².